The molecule has 19 heavy (non-hydrogen) atoms. The molecular weight excluding hydrogens is 256 g/mol. The number of ether oxygens (including phenoxy) is 1. The molecule has 100 valence electrons. The van der Waals surface area contributed by atoms with Crippen molar-refractivity contribution in [2.24, 2.45) is 0 Å². The van der Waals surface area contributed by atoms with E-state index in [-0.39, 0.29) is 0 Å². The molecule has 0 aromatic heterocycles. The lowest BCUT2D eigenvalue weighted by Gasteiger charge is -2.12. The normalized spacial score (nSPS) is 12.1. The highest BCUT2D eigenvalue weighted by Crippen LogP contribution is 2.18. The van der Waals surface area contributed by atoms with E-state index < -0.39 is 6.10 Å². The van der Waals surface area contributed by atoms with E-state index in [0.717, 1.165) is 10.6 Å². The van der Waals surface area contributed by atoms with Crippen molar-refractivity contribution in [2.45, 2.75) is 17.9 Å². The van der Waals surface area contributed by atoms with E-state index in [9.17, 15) is 5.11 Å². The van der Waals surface area contributed by atoms with Gasteiger partial charge in [0.15, 0.2) is 0 Å². The monoisotopic (exact) mass is 274 g/mol. The van der Waals surface area contributed by atoms with Crippen molar-refractivity contribution in [2.75, 3.05) is 12.4 Å². The first-order valence-corrected chi connectivity index (χ1v) is 7.28. The minimum Gasteiger partial charge on any atom is -0.491 e. The molecule has 2 nitrogen and oxygen atoms in total. The van der Waals surface area contributed by atoms with Gasteiger partial charge in [-0.3, -0.25) is 0 Å². The molecule has 3 heteroatoms. The molecule has 0 aliphatic heterocycles. The average Bonchev–Trinajstić information content (AvgIpc) is 2.45. The fourth-order valence-corrected chi connectivity index (χ4v) is 2.41. The fraction of sp³-hybridized carbons (Fsp3) is 0.250. The first-order chi connectivity index (χ1) is 9.24. The van der Waals surface area contributed by atoms with Gasteiger partial charge in [0.1, 0.15) is 12.4 Å². The highest BCUT2D eigenvalue weighted by atomic mass is 32.2. The smallest absolute Gasteiger partial charge is 0.119 e. The van der Waals surface area contributed by atoms with Gasteiger partial charge in [0.2, 0.25) is 0 Å². The molecule has 0 aliphatic rings. The molecule has 1 N–H and O–H groups in total. The topological polar surface area (TPSA) is 29.5 Å². The standard InChI is InChI=1S/C16H18O2S/c1-13-7-9-15(10-8-13)18-11-14(17)12-19-16-5-3-2-4-6-16/h2-10,14,17H,11-12H2,1H3. The molecule has 0 spiro atoms. The highest BCUT2D eigenvalue weighted by molar-refractivity contribution is 7.99. The summed E-state index contributed by atoms with van der Waals surface area (Å²) >= 11 is 1.64. The van der Waals surface area contributed by atoms with E-state index in [0.29, 0.717) is 12.4 Å². The zero-order valence-electron chi connectivity index (χ0n) is 11.0. The van der Waals surface area contributed by atoms with Crippen molar-refractivity contribution >= 4 is 11.8 Å². The summed E-state index contributed by atoms with van der Waals surface area (Å²) in [6.45, 7) is 2.36. The zero-order chi connectivity index (χ0) is 13.5. The number of rotatable bonds is 6. The van der Waals surface area contributed by atoms with Crippen LogP contribution < -0.4 is 4.74 Å². The summed E-state index contributed by atoms with van der Waals surface area (Å²) in [7, 11) is 0. The van der Waals surface area contributed by atoms with Gasteiger partial charge < -0.3 is 9.84 Å². The van der Waals surface area contributed by atoms with Crippen molar-refractivity contribution in [1.82, 2.24) is 0 Å². The lowest BCUT2D eigenvalue weighted by Crippen LogP contribution is -2.19. The molecule has 1 atom stereocenters. The third-order valence-corrected chi connectivity index (χ3v) is 3.81. The molecule has 0 aliphatic carbocycles. The molecule has 0 saturated heterocycles. The Balaban J connectivity index is 1.72. The summed E-state index contributed by atoms with van der Waals surface area (Å²) in [5.41, 5.74) is 1.20. The van der Waals surface area contributed by atoms with Crippen molar-refractivity contribution < 1.29 is 9.84 Å². The number of aliphatic hydroxyl groups is 1. The van der Waals surface area contributed by atoms with Crippen molar-refractivity contribution in [1.29, 1.82) is 0 Å². The Hall–Kier alpha value is -1.45. The second-order valence-electron chi connectivity index (χ2n) is 4.40. The van der Waals surface area contributed by atoms with Crippen molar-refractivity contribution in [3.63, 3.8) is 0 Å². The second-order valence-corrected chi connectivity index (χ2v) is 5.50. The van der Waals surface area contributed by atoms with Crippen molar-refractivity contribution in [3.05, 3.63) is 60.2 Å². The minimum atomic E-state index is -0.466. The summed E-state index contributed by atoms with van der Waals surface area (Å²) in [6, 6.07) is 17.9. The van der Waals surface area contributed by atoms with Crippen LogP contribution in [0.15, 0.2) is 59.5 Å². The van der Waals surface area contributed by atoms with Gasteiger partial charge in [-0.15, -0.1) is 11.8 Å². The van der Waals surface area contributed by atoms with Gasteiger partial charge in [-0.2, -0.15) is 0 Å². The molecular formula is C16H18O2S. The first kappa shape index (κ1) is 14.0. The van der Waals surface area contributed by atoms with E-state index in [1.165, 1.54) is 5.56 Å². The number of thioether (sulfide) groups is 1. The van der Waals surface area contributed by atoms with Gasteiger partial charge in [0.25, 0.3) is 0 Å². The van der Waals surface area contributed by atoms with Crippen LogP contribution in [0.4, 0.5) is 0 Å². The Morgan fingerprint density at radius 1 is 1.05 bits per heavy atom. The number of aliphatic hydroxyl groups excluding tert-OH is 1. The van der Waals surface area contributed by atoms with Gasteiger partial charge in [-0.25, -0.2) is 0 Å². The average molecular weight is 274 g/mol. The number of aryl methyl sites for hydroxylation is 1. The lowest BCUT2D eigenvalue weighted by atomic mass is 10.2. The van der Waals surface area contributed by atoms with Gasteiger partial charge in [-0.1, -0.05) is 35.9 Å². The number of benzene rings is 2. The second kappa shape index (κ2) is 7.22. The SMILES string of the molecule is Cc1ccc(OCC(O)CSc2ccccc2)cc1. The summed E-state index contributed by atoms with van der Waals surface area (Å²) in [5, 5.41) is 9.88. The maximum absolute atomic E-state index is 9.88. The maximum atomic E-state index is 9.88. The number of hydrogen-bond donors (Lipinski definition) is 1. The van der Waals surface area contributed by atoms with Crippen LogP contribution in [-0.2, 0) is 0 Å². The molecule has 0 amide bonds. The van der Waals surface area contributed by atoms with Crippen LogP contribution in [0, 0.1) is 6.92 Å². The van der Waals surface area contributed by atoms with Gasteiger partial charge >= 0.3 is 0 Å². The Labute approximate surface area is 118 Å². The zero-order valence-corrected chi connectivity index (χ0v) is 11.8. The Morgan fingerprint density at radius 3 is 2.42 bits per heavy atom. The summed E-state index contributed by atoms with van der Waals surface area (Å²) in [5.74, 6) is 1.44. The molecule has 0 radical (unpaired) electrons. The Morgan fingerprint density at radius 2 is 1.74 bits per heavy atom. The molecule has 2 aromatic carbocycles. The van der Waals surface area contributed by atoms with E-state index in [4.69, 9.17) is 4.74 Å². The lowest BCUT2D eigenvalue weighted by molar-refractivity contribution is 0.126. The Kier molecular flexibility index (Phi) is 5.31. The predicted molar refractivity (Wildman–Crippen MR) is 79.8 cm³/mol. The molecule has 1 unspecified atom stereocenters. The molecule has 0 bridgehead atoms. The van der Waals surface area contributed by atoms with E-state index in [2.05, 4.69) is 0 Å². The largest absolute Gasteiger partial charge is 0.491 e. The molecule has 2 aromatic rings. The van der Waals surface area contributed by atoms with Gasteiger partial charge in [-0.05, 0) is 31.2 Å². The molecule has 0 heterocycles. The van der Waals surface area contributed by atoms with Crippen LogP contribution in [0.25, 0.3) is 0 Å². The fourth-order valence-electron chi connectivity index (χ4n) is 1.58. The van der Waals surface area contributed by atoms with Crippen LogP contribution in [0.5, 0.6) is 5.75 Å². The maximum Gasteiger partial charge on any atom is 0.119 e. The molecule has 0 fully saturated rings. The molecule has 0 saturated carbocycles. The molecule has 2 rings (SSSR count). The number of hydrogen-bond acceptors (Lipinski definition) is 3. The predicted octanol–water partition coefficient (Wildman–Crippen LogP) is 3.53. The van der Waals surface area contributed by atoms with E-state index in [1.807, 2.05) is 61.5 Å². The van der Waals surface area contributed by atoms with Gasteiger partial charge in [0, 0.05) is 10.6 Å². The summed E-state index contributed by atoms with van der Waals surface area (Å²) < 4.78 is 5.55. The van der Waals surface area contributed by atoms with Crippen molar-refractivity contribution in [3.8, 4) is 5.75 Å². The summed E-state index contributed by atoms with van der Waals surface area (Å²) in [4.78, 5) is 1.16. The summed E-state index contributed by atoms with van der Waals surface area (Å²) in [6.07, 6.45) is -0.466. The highest BCUT2D eigenvalue weighted by Gasteiger charge is 2.06. The van der Waals surface area contributed by atoms with E-state index >= 15 is 0 Å². The minimum absolute atomic E-state index is 0.322. The first-order valence-electron chi connectivity index (χ1n) is 6.29. The van der Waals surface area contributed by atoms with Crippen LogP contribution in [0.2, 0.25) is 0 Å². The van der Waals surface area contributed by atoms with E-state index in [1.54, 1.807) is 11.8 Å². The van der Waals surface area contributed by atoms with Crippen LogP contribution in [0.3, 0.4) is 0 Å². The van der Waals surface area contributed by atoms with Crippen LogP contribution >= 0.6 is 11.8 Å². The quantitative estimate of drug-likeness (QED) is 0.817. The third-order valence-electron chi connectivity index (χ3n) is 2.65. The van der Waals surface area contributed by atoms with Gasteiger partial charge in [0.05, 0.1) is 6.10 Å². The van der Waals surface area contributed by atoms with Crippen LogP contribution in [0.1, 0.15) is 5.56 Å². The third kappa shape index (κ3) is 4.97. The van der Waals surface area contributed by atoms with Crippen LogP contribution in [-0.4, -0.2) is 23.6 Å². The Bertz CT molecular complexity index is 482.